The van der Waals surface area contributed by atoms with Crippen molar-refractivity contribution in [2.45, 2.75) is 39.5 Å². The van der Waals surface area contributed by atoms with Crippen LogP contribution in [0.15, 0.2) is 60.8 Å². The molecular weight excluding hydrogens is 388 g/mol. The lowest BCUT2D eigenvalue weighted by Crippen LogP contribution is -2.07. The zero-order valence-corrected chi connectivity index (χ0v) is 17.7. The van der Waals surface area contributed by atoms with Gasteiger partial charge in [0.05, 0.1) is 17.2 Å². The summed E-state index contributed by atoms with van der Waals surface area (Å²) in [5.74, 6) is 1.19. The van der Waals surface area contributed by atoms with Crippen molar-refractivity contribution in [2.75, 3.05) is 0 Å². The maximum Gasteiger partial charge on any atom is 0.311 e. The van der Waals surface area contributed by atoms with Gasteiger partial charge in [-0.2, -0.15) is 0 Å². The van der Waals surface area contributed by atoms with Gasteiger partial charge in [0.15, 0.2) is 17.0 Å². The quantitative estimate of drug-likeness (QED) is 0.346. The average Bonchev–Trinajstić information content (AvgIpc) is 3.33. The Bertz CT molecular complexity index is 1400. The van der Waals surface area contributed by atoms with E-state index < -0.39 is 0 Å². The number of aryl methyl sites for hydroxylation is 1. The van der Waals surface area contributed by atoms with Crippen LogP contribution >= 0.6 is 0 Å². The number of para-hydroxylation sites is 3. The monoisotopic (exact) mass is 412 g/mol. The standard InChI is InChI=1S/C25H24N4O2/c1-3-10-21-27-24-23(25-26-18-14-8-9-15-19(18)29(21)25)20(31-22(30)11-4-2)16-28(24)17-12-6-5-7-13-17/h5-9,12-16H,3-4,10-11H2,1-2H3. The minimum absolute atomic E-state index is 0.249. The van der Waals surface area contributed by atoms with Crippen LogP contribution in [0.4, 0.5) is 0 Å². The molecule has 0 fully saturated rings. The lowest BCUT2D eigenvalue weighted by Gasteiger charge is -2.09. The molecule has 0 unspecified atom stereocenters. The van der Waals surface area contributed by atoms with Crippen molar-refractivity contribution in [1.82, 2.24) is 18.9 Å². The highest BCUT2D eigenvalue weighted by Crippen LogP contribution is 2.35. The predicted molar refractivity (Wildman–Crippen MR) is 122 cm³/mol. The van der Waals surface area contributed by atoms with E-state index in [0.717, 1.165) is 58.5 Å². The van der Waals surface area contributed by atoms with Crippen LogP contribution in [0.2, 0.25) is 0 Å². The molecule has 0 saturated carbocycles. The molecule has 0 aliphatic heterocycles. The summed E-state index contributed by atoms with van der Waals surface area (Å²) in [6.07, 6.45) is 4.74. The Kier molecular flexibility index (Phi) is 4.90. The SMILES string of the molecule is CCCC(=O)Oc1cn(-c2ccccc2)c2nc(CCC)n3c4ccccc4nc3c12. The Morgan fingerprint density at radius 1 is 0.935 bits per heavy atom. The van der Waals surface area contributed by atoms with E-state index in [4.69, 9.17) is 14.7 Å². The van der Waals surface area contributed by atoms with E-state index in [1.165, 1.54) is 0 Å². The predicted octanol–water partition coefficient (Wildman–Crippen LogP) is 5.48. The molecule has 0 saturated heterocycles. The second kappa shape index (κ2) is 7.87. The second-order valence-corrected chi connectivity index (χ2v) is 7.66. The lowest BCUT2D eigenvalue weighted by molar-refractivity contribution is -0.134. The Hall–Kier alpha value is -3.67. The van der Waals surface area contributed by atoms with Crippen LogP contribution in [-0.2, 0) is 11.2 Å². The van der Waals surface area contributed by atoms with Crippen LogP contribution < -0.4 is 4.74 Å². The van der Waals surface area contributed by atoms with Gasteiger partial charge in [-0.1, -0.05) is 44.2 Å². The molecule has 3 heterocycles. The minimum Gasteiger partial charge on any atom is -0.424 e. The molecule has 6 heteroatoms. The first kappa shape index (κ1) is 19.3. The summed E-state index contributed by atoms with van der Waals surface area (Å²) in [4.78, 5) is 22.4. The summed E-state index contributed by atoms with van der Waals surface area (Å²) in [5.41, 5.74) is 4.38. The van der Waals surface area contributed by atoms with Crippen LogP contribution in [0, 0.1) is 0 Å². The van der Waals surface area contributed by atoms with Gasteiger partial charge in [0.2, 0.25) is 0 Å². The lowest BCUT2D eigenvalue weighted by atomic mass is 10.2. The van der Waals surface area contributed by atoms with E-state index in [1.807, 2.05) is 66.2 Å². The van der Waals surface area contributed by atoms with Crippen LogP contribution in [0.5, 0.6) is 5.75 Å². The third kappa shape index (κ3) is 3.24. The van der Waals surface area contributed by atoms with Gasteiger partial charge in [0.1, 0.15) is 11.2 Å². The van der Waals surface area contributed by atoms with Gasteiger partial charge in [0.25, 0.3) is 0 Å². The van der Waals surface area contributed by atoms with Gasteiger partial charge >= 0.3 is 5.97 Å². The molecule has 0 atom stereocenters. The Morgan fingerprint density at radius 2 is 1.71 bits per heavy atom. The first-order valence-corrected chi connectivity index (χ1v) is 10.8. The van der Waals surface area contributed by atoms with E-state index in [0.29, 0.717) is 12.2 Å². The molecule has 5 aromatic rings. The van der Waals surface area contributed by atoms with Crippen molar-refractivity contribution in [3.8, 4) is 11.4 Å². The number of fused-ring (bicyclic) bond motifs is 5. The van der Waals surface area contributed by atoms with Crippen LogP contribution in [0.3, 0.4) is 0 Å². The van der Waals surface area contributed by atoms with Crippen LogP contribution in [-0.4, -0.2) is 24.9 Å². The molecule has 0 spiro atoms. The van der Waals surface area contributed by atoms with E-state index in [2.05, 4.69) is 17.4 Å². The average molecular weight is 412 g/mol. The van der Waals surface area contributed by atoms with E-state index >= 15 is 0 Å². The molecule has 3 aromatic heterocycles. The van der Waals surface area contributed by atoms with Crippen molar-refractivity contribution in [3.05, 3.63) is 66.6 Å². The fourth-order valence-electron chi connectivity index (χ4n) is 4.05. The molecular formula is C25H24N4O2. The molecule has 0 bridgehead atoms. The maximum absolute atomic E-state index is 12.4. The summed E-state index contributed by atoms with van der Waals surface area (Å²) in [7, 11) is 0. The van der Waals surface area contributed by atoms with Crippen molar-refractivity contribution >= 4 is 33.7 Å². The largest absolute Gasteiger partial charge is 0.424 e. The highest BCUT2D eigenvalue weighted by atomic mass is 16.5. The fourth-order valence-corrected chi connectivity index (χ4v) is 4.05. The summed E-state index contributed by atoms with van der Waals surface area (Å²) in [6.45, 7) is 4.11. The van der Waals surface area contributed by atoms with Crippen molar-refractivity contribution in [1.29, 1.82) is 0 Å². The third-order valence-corrected chi connectivity index (χ3v) is 5.41. The number of nitrogens with zero attached hydrogens (tertiary/aromatic N) is 4. The number of esters is 1. The third-order valence-electron chi connectivity index (χ3n) is 5.41. The molecule has 0 aliphatic carbocycles. The molecule has 6 nitrogen and oxygen atoms in total. The Labute approximate surface area is 180 Å². The minimum atomic E-state index is -0.249. The number of rotatable bonds is 6. The highest BCUT2D eigenvalue weighted by molar-refractivity contribution is 6.01. The smallest absolute Gasteiger partial charge is 0.311 e. The molecule has 0 radical (unpaired) electrons. The molecule has 31 heavy (non-hydrogen) atoms. The number of aromatic nitrogens is 4. The normalized spacial score (nSPS) is 11.5. The second-order valence-electron chi connectivity index (χ2n) is 7.66. The highest BCUT2D eigenvalue weighted by Gasteiger charge is 2.22. The molecule has 0 amide bonds. The summed E-state index contributed by atoms with van der Waals surface area (Å²) in [6, 6.07) is 18.0. The Balaban J connectivity index is 1.88. The molecule has 0 aliphatic rings. The topological polar surface area (TPSA) is 61.4 Å². The summed E-state index contributed by atoms with van der Waals surface area (Å²) in [5, 5.41) is 0.754. The Morgan fingerprint density at radius 3 is 2.48 bits per heavy atom. The van der Waals surface area contributed by atoms with Gasteiger partial charge in [-0.3, -0.25) is 13.8 Å². The van der Waals surface area contributed by atoms with Crippen molar-refractivity contribution in [2.24, 2.45) is 0 Å². The summed E-state index contributed by atoms with van der Waals surface area (Å²) >= 11 is 0. The molecule has 156 valence electrons. The zero-order valence-electron chi connectivity index (χ0n) is 17.7. The van der Waals surface area contributed by atoms with E-state index in [-0.39, 0.29) is 5.97 Å². The number of ether oxygens (including phenoxy) is 1. The van der Waals surface area contributed by atoms with Crippen molar-refractivity contribution < 1.29 is 9.53 Å². The first-order chi connectivity index (χ1) is 15.2. The number of hydrogen-bond acceptors (Lipinski definition) is 4. The van der Waals surface area contributed by atoms with Crippen LogP contribution in [0.25, 0.3) is 33.4 Å². The summed E-state index contributed by atoms with van der Waals surface area (Å²) < 4.78 is 9.91. The number of carbonyl (C=O) groups is 1. The fraction of sp³-hybridized carbons (Fsp3) is 0.240. The molecule has 0 N–H and O–H groups in total. The van der Waals surface area contributed by atoms with E-state index in [9.17, 15) is 4.79 Å². The number of carbonyl (C=O) groups excluding carboxylic acids is 1. The number of hydrogen-bond donors (Lipinski definition) is 0. The number of benzene rings is 2. The first-order valence-electron chi connectivity index (χ1n) is 10.8. The van der Waals surface area contributed by atoms with Crippen molar-refractivity contribution in [3.63, 3.8) is 0 Å². The van der Waals surface area contributed by atoms with Gasteiger partial charge in [-0.25, -0.2) is 9.97 Å². The van der Waals surface area contributed by atoms with Gasteiger partial charge < -0.3 is 4.74 Å². The van der Waals surface area contributed by atoms with Gasteiger partial charge in [-0.05, 0) is 37.1 Å². The maximum atomic E-state index is 12.4. The molecule has 5 rings (SSSR count). The molecule has 2 aromatic carbocycles. The van der Waals surface area contributed by atoms with Crippen LogP contribution in [0.1, 0.15) is 38.9 Å². The van der Waals surface area contributed by atoms with E-state index in [1.54, 1.807) is 0 Å². The number of imidazole rings is 1. The van der Waals surface area contributed by atoms with Gasteiger partial charge in [0, 0.05) is 18.5 Å². The zero-order chi connectivity index (χ0) is 21.4. The van der Waals surface area contributed by atoms with Gasteiger partial charge in [-0.15, -0.1) is 0 Å².